The first-order valence-corrected chi connectivity index (χ1v) is 6.51. The fourth-order valence-corrected chi connectivity index (χ4v) is 3.46. The van der Waals surface area contributed by atoms with Crippen LogP contribution in [-0.4, -0.2) is 5.78 Å². The van der Waals surface area contributed by atoms with Crippen molar-refractivity contribution < 1.29 is 13.6 Å². The molecule has 2 fully saturated rings. The standard InChI is InChI=1S/C15H13F2NO/c16-8-4-5-9(13(17)6-8)12(7-18)15(19)14-10-2-1-3-11(10)14/h4-6,10-12,14H,1-3H2. The van der Waals surface area contributed by atoms with Gasteiger partial charge in [0.1, 0.15) is 17.6 Å². The lowest BCUT2D eigenvalue weighted by atomic mass is 9.90. The molecule has 2 saturated carbocycles. The Morgan fingerprint density at radius 2 is 2.00 bits per heavy atom. The molecule has 4 heteroatoms. The van der Waals surface area contributed by atoms with Gasteiger partial charge in [-0.25, -0.2) is 8.78 Å². The van der Waals surface area contributed by atoms with E-state index in [-0.39, 0.29) is 17.3 Å². The average molecular weight is 261 g/mol. The Morgan fingerprint density at radius 1 is 1.32 bits per heavy atom. The van der Waals surface area contributed by atoms with E-state index in [1.165, 1.54) is 6.07 Å². The van der Waals surface area contributed by atoms with E-state index < -0.39 is 17.6 Å². The van der Waals surface area contributed by atoms with Gasteiger partial charge in [0.05, 0.1) is 6.07 Å². The van der Waals surface area contributed by atoms with Crippen LogP contribution < -0.4 is 0 Å². The summed E-state index contributed by atoms with van der Waals surface area (Å²) in [5.41, 5.74) is -0.00104. The first kappa shape index (κ1) is 12.3. The van der Waals surface area contributed by atoms with Crippen molar-refractivity contribution in [1.82, 2.24) is 0 Å². The average Bonchev–Trinajstić information content (AvgIpc) is 2.86. The van der Waals surface area contributed by atoms with Crippen molar-refractivity contribution >= 4 is 5.78 Å². The van der Waals surface area contributed by atoms with Crippen LogP contribution >= 0.6 is 0 Å². The highest BCUT2D eigenvalue weighted by atomic mass is 19.1. The molecule has 3 rings (SSSR count). The number of nitriles is 1. The van der Waals surface area contributed by atoms with Gasteiger partial charge in [0, 0.05) is 17.5 Å². The SMILES string of the molecule is N#CC(C(=O)C1C2CCCC21)c1ccc(F)cc1F. The molecule has 98 valence electrons. The van der Waals surface area contributed by atoms with Gasteiger partial charge in [-0.3, -0.25) is 4.79 Å². The number of hydrogen-bond donors (Lipinski definition) is 0. The summed E-state index contributed by atoms with van der Waals surface area (Å²) in [5, 5.41) is 9.15. The van der Waals surface area contributed by atoms with Crippen molar-refractivity contribution in [2.24, 2.45) is 17.8 Å². The fourth-order valence-electron chi connectivity index (χ4n) is 3.46. The second-order valence-electron chi connectivity index (χ2n) is 5.41. The zero-order chi connectivity index (χ0) is 13.6. The Morgan fingerprint density at radius 3 is 2.58 bits per heavy atom. The number of rotatable bonds is 3. The second-order valence-corrected chi connectivity index (χ2v) is 5.41. The van der Waals surface area contributed by atoms with Crippen molar-refractivity contribution in [3.05, 3.63) is 35.4 Å². The lowest BCUT2D eigenvalue weighted by molar-refractivity contribution is -0.121. The van der Waals surface area contributed by atoms with Gasteiger partial charge in [0.15, 0.2) is 5.78 Å². The van der Waals surface area contributed by atoms with Crippen LogP contribution in [-0.2, 0) is 4.79 Å². The molecule has 3 atom stereocenters. The molecule has 1 aromatic carbocycles. The molecule has 2 nitrogen and oxygen atoms in total. The summed E-state index contributed by atoms with van der Waals surface area (Å²) in [7, 11) is 0. The predicted molar refractivity (Wildman–Crippen MR) is 64.0 cm³/mol. The molecule has 0 aromatic heterocycles. The third-order valence-electron chi connectivity index (χ3n) is 4.42. The summed E-state index contributed by atoms with van der Waals surface area (Å²) >= 11 is 0. The molecule has 19 heavy (non-hydrogen) atoms. The van der Waals surface area contributed by atoms with Crippen LogP contribution in [0.2, 0.25) is 0 Å². The van der Waals surface area contributed by atoms with Crippen LogP contribution in [0.1, 0.15) is 30.7 Å². The second kappa shape index (κ2) is 4.41. The number of fused-ring (bicyclic) bond motifs is 1. The summed E-state index contributed by atoms with van der Waals surface area (Å²) in [6, 6.07) is 4.89. The molecule has 2 aliphatic carbocycles. The molecule has 0 amide bonds. The molecule has 3 unspecified atom stereocenters. The molecule has 0 aliphatic heterocycles. The molecule has 2 aliphatic rings. The lowest BCUT2D eigenvalue weighted by Crippen LogP contribution is -2.17. The highest BCUT2D eigenvalue weighted by molar-refractivity contribution is 5.93. The van der Waals surface area contributed by atoms with Crippen molar-refractivity contribution in [2.45, 2.75) is 25.2 Å². The number of benzene rings is 1. The molecular formula is C15H13F2NO. The van der Waals surface area contributed by atoms with Crippen molar-refractivity contribution in [3.63, 3.8) is 0 Å². The number of halogens is 2. The number of nitrogens with zero attached hydrogens (tertiary/aromatic N) is 1. The highest BCUT2D eigenvalue weighted by Crippen LogP contribution is 2.59. The number of hydrogen-bond acceptors (Lipinski definition) is 2. The van der Waals surface area contributed by atoms with Gasteiger partial charge in [-0.15, -0.1) is 0 Å². The topological polar surface area (TPSA) is 40.9 Å². The number of carbonyl (C=O) groups is 1. The maximum atomic E-state index is 13.7. The van der Waals surface area contributed by atoms with E-state index in [4.69, 9.17) is 5.26 Å². The largest absolute Gasteiger partial charge is 0.298 e. The van der Waals surface area contributed by atoms with Gasteiger partial charge in [-0.05, 0) is 30.7 Å². The molecule has 0 radical (unpaired) electrons. The maximum absolute atomic E-state index is 13.7. The first-order chi connectivity index (χ1) is 9.13. The fraction of sp³-hybridized carbons (Fsp3) is 0.467. The predicted octanol–water partition coefficient (Wildman–Crippen LogP) is 3.19. The lowest BCUT2D eigenvalue weighted by Gasteiger charge is -2.11. The summed E-state index contributed by atoms with van der Waals surface area (Å²) in [5.74, 6) is -2.10. The van der Waals surface area contributed by atoms with E-state index in [2.05, 4.69) is 0 Å². The first-order valence-electron chi connectivity index (χ1n) is 6.51. The molecule has 0 bridgehead atoms. The van der Waals surface area contributed by atoms with Gasteiger partial charge in [-0.1, -0.05) is 12.5 Å². The monoisotopic (exact) mass is 261 g/mol. The smallest absolute Gasteiger partial charge is 0.158 e. The van der Waals surface area contributed by atoms with Crippen LogP contribution in [0, 0.1) is 40.7 Å². The Balaban J connectivity index is 1.85. The third-order valence-corrected chi connectivity index (χ3v) is 4.42. The molecule has 0 saturated heterocycles. The van der Waals surface area contributed by atoms with E-state index in [0.29, 0.717) is 11.8 Å². The van der Waals surface area contributed by atoms with Crippen molar-refractivity contribution in [3.8, 4) is 6.07 Å². The quantitative estimate of drug-likeness (QED) is 0.838. The van der Waals surface area contributed by atoms with Gasteiger partial charge in [0.25, 0.3) is 0 Å². The van der Waals surface area contributed by atoms with Crippen LogP contribution in [0.25, 0.3) is 0 Å². The van der Waals surface area contributed by atoms with Gasteiger partial charge in [0.2, 0.25) is 0 Å². The van der Waals surface area contributed by atoms with Crippen LogP contribution in [0.4, 0.5) is 8.78 Å². The van der Waals surface area contributed by atoms with E-state index in [9.17, 15) is 13.6 Å². The zero-order valence-corrected chi connectivity index (χ0v) is 10.3. The van der Waals surface area contributed by atoms with Crippen molar-refractivity contribution in [1.29, 1.82) is 5.26 Å². The van der Waals surface area contributed by atoms with Crippen LogP contribution in [0.15, 0.2) is 18.2 Å². The van der Waals surface area contributed by atoms with E-state index in [1.54, 1.807) is 0 Å². The Kier molecular flexibility index (Phi) is 2.85. The molecular weight excluding hydrogens is 248 g/mol. The maximum Gasteiger partial charge on any atom is 0.158 e. The van der Waals surface area contributed by atoms with E-state index in [1.807, 2.05) is 6.07 Å². The number of Topliss-reactive ketones (excluding diaryl/α,β-unsaturated/α-hetero) is 1. The Labute approximate surface area is 110 Å². The zero-order valence-electron chi connectivity index (χ0n) is 10.3. The van der Waals surface area contributed by atoms with E-state index >= 15 is 0 Å². The van der Waals surface area contributed by atoms with Gasteiger partial charge >= 0.3 is 0 Å². The molecule has 0 spiro atoms. The molecule has 0 N–H and O–H groups in total. The van der Waals surface area contributed by atoms with Crippen LogP contribution in [0.5, 0.6) is 0 Å². The normalized spacial score (nSPS) is 29.4. The minimum atomic E-state index is -1.10. The van der Waals surface area contributed by atoms with E-state index in [0.717, 1.165) is 31.4 Å². The van der Waals surface area contributed by atoms with Gasteiger partial charge < -0.3 is 0 Å². The van der Waals surface area contributed by atoms with Gasteiger partial charge in [-0.2, -0.15) is 5.26 Å². The summed E-state index contributed by atoms with van der Waals surface area (Å²) in [4.78, 5) is 12.3. The summed E-state index contributed by atoms with van der Waals surface area (Å²) in [6.45, 7) is 0. The number of carbonyl (C=O) groups excluding carboxylic acids is 1. The number of ketones is 1. The molecule has 1 aromatic rings. The Hall–Kier alpha value is -1.76. The van der Waals surface area contributed by atoms with Crippen molar-refractivity contribution in [2.75, 3.05) is 0 Å². The highest BCUT2D eigenvalue weighted by Gasteiger charge is 2.57. The minimum Gasteiger partial charge on any atom is -0.298 e. The summed E-state index contributed by atoms with van der Waals surface area (Å²) < 4.78 is 26.5. The van der Waals surface area contributed by atoms with Crippen LogP contribution in [0.3, 0.4) is 0 Å². The minimum absolute atomic E-state index is 0.00104. The summed E-state index contributed by atoms with van der Waals surface area (Å²) in [6.07, 6.45) is 3.21. The Bertz CT molecular complexity index is 568. The molecule has 0 heterocycles. The third kappa shape index (κ3) is 1.94.